The van der Waals surface area contributed by atoms with Gasteiger partial charge in [0.2, 0.25) is 5.95 Å². The predicted octanol–water partition coefficient (Wildman–Crippen LogP) is 0.700. The second kappa shape index (κ2) is 4.90. The SMILES string of the molecule is Cc1cc(-c2nc(N3CC(C)NC(C)C3)n[nH]2)n(C)n1. The molecule has 2 unspecified atom stereocenters. The Morgan fingerprint density at radius 1 is 1.25 bits per heavy atom. The van der Waals surface area contributed by atoms with E-state index in [4.69, 9.17) is 0 Å². The first kappa shape index (κ1) is 13.1. The Kier molecular flexibility index (Phi) is 3.21. The van der Waals surface area contributed by atoms with E-state index < -0.39 is 0 Å². The highest BCUT2D eigenvalue weighted by Crippen LogP contribution is 2.19. The van der Waals surface area contributed by atoms with Crippen molar-refractivity contribution in [3.8, 4) is 11.5 Å². The van der Waals surface area contributed by atoms with Crippen LogP contribution in [0.25, 0.3) is 11.5 Å². The molecule has 0 spiro atoms. The van der Waals surface area contributed by atoms with Crippen LogP contribution in [0.4, 0.5) is 5.95 Å². The van der Waals surface area contributed by atoms with Crippen molar-refractivity contribution in [3.63, 3.8) is 0 Å². The van der Waals surface area contributed by atoms with Gasteiger partial charge in [-0.15, -0.1) is 5.10 Å². The zero-order valence-electron chi connectivity index (χ0n) is 12.4. The van der Waals surface area contributed by atoms with Crippen LogP contribution in [-0.2, 0) is 7.05 Å². The minimum absolute atomic E-state index is 0.444. The molecule has 108 valence electrons. The zero-order valence-corrected chi connectivity index (χ0v) is 12.4. The summed E-state index contributed by atoms with van der Waals surface area (Å²) >= 11 is 0. The lowest BCUT2D eigenvalue weighted by molar-refractivity contribution is 0.403. The lowest BCUT2D eigenvalue weighted by Crippen LogP contribution is -2.54. The van der Waals surface area contributed by atoms with Gasteiger partial charge in [-0.3, -0.25) is 9.78 Å². The van der Waals surface area contributed by atoms with Crippen molar-refractivity contribution in [1.82, 2.24) is 30.3 Å². The number of hydrogen-bond acceptors (Lipinski definition) is 5. The lowest BCUT2D eigenvalue weighted by atomic mass is 10.1. The third-order valence-corrected chi connectivity index (χ3v) is 3.56. The minimum Gasteiger partial charge on any atom is -0.336 e. The fourth-order valence-corrected chi connectivity index (χ4v) is 2.83. The summed E-state index contributed by atoms with van der Waals surface area (Å²) < 4.78 is 1.82. The molecule has 2 N–H and O–H groups in total. The normalized spacial score (nSPS) is 23.3. The van der Waals surface area contributed by atoms with E-state index in [0.717, 1.165) is 36.3 Å². The number of hydrogen-bond donors (Lipinski definition) is 2. The second-order valence-electron chi connectivity index (χ2n) is 5.65. The molecule has 20 heavy (non-hydrogen) atoms. The van der Waals surface area contributed by atoms with Gasteiger partial charge in [-0.25, -0.2) is 0 Å². The molecule has 1 saturated heterocycles. The summed E-state index contributed by atoms with van der Waals surface area (Å²) in [6, 6.07) is 2.90. The van der Waals surface area contributed by atoms with Gasteiger partial charge in [-0.1, -0.05) is 0 Å². The third-order valence-electron chi connectivity index (χ3n) is 3.56. The zero-order chi connectivity index (χ0) is 14.3. The Bertz CT molecular complexity index is 590. The summed E-state index contributed by atoms with van der Waals surface area (Å²) in [5.41, 5.74) is 1.93. The van der Waals surface area contributed by atoms with Gasteiger partial charge in [0.15, 0.2) is 5.82 Å². The maximum Gasteiger partial charge on any atom is 0.245 e. The summed E-state index contributed by atoms with van der Waals surface area (Å²) in [4.78, 5) is 6.84. The summed E-state index contributed by atoms with van der Waals surface area (Å²) in [7, 11) is 1.92. The highest BCUT2D eigenvalue weighted by molar-refractivity contribution is 5.52. The topological polar surface area (TPSA) is 74.7 Å². The maximum atomic E-state index is 4.62. The Labute approximate surface area is 118 Å². The molecular weight excluding hydrogens is 254 g/mol. The van der Waals surface area contributed by atoms with Gasteiger partial charge in [0.25, 0.3) is 0 Å². The number of nitrogens with one attached hydrogen (secondary N) is 2. The largest absolute Gasteiger partial charge is 0.336 e. The second-order valence-corrected chi connectivity index (χ2v) is 5.65. The van der Waals surface area contributed by atoms with E-state index in [9.17, 15) is 0 Å². The van der Waals surface area contributed by atoms with Crippen molar-refractivity contribution in [2.45, 2.75) is 32.9 Å². The van der Waals surface area contributed by atoms with Crippen LogP contribution >= 0.6 is 0 Å². The van der Waals surface area contributed by atoms with Crippen molar-refractivity contribution in [2.75, 3.05) is 18.0 Å². The molecule has 2 aromatic heterocycles. The van der Waals surface area contributed by atoms with Gasteiger partial charge in [-0.2, -0.15) is 10.1 Å². The number of H-pyrrole nitrogens is 1. The first-order valence-electron chi connectivity index (χ1n) is 6.97. The fourth-order valence-electron chi connectivity index (χ4n) is 2.83. The third kappa shape index (κ3) is 2.40. The van der Waals surface area contributed by atoms with Crippen molar-refractivity contribution >= 4 is 5.95 Å². The van der Waals surface area contributed by atoms with Gasteiger partial charge in [0.1, 0.15) is 5.69 Å². The number of piperazine rings is 1. The summed E-state index contributed by atoms with van der Waals surface area (Å²) in [6.45, 7) is 8.18. The number of rotatable bonds is 2. The average molecular weight is 275 g/mol. The first-order valence-corrected chi connectivity index (χ1v) is 6.97. The molecule has 2 atom stereocenters. The number of anilines is 1. The molecule has 1 aliphatic rings. The van der Waals surface area contributed by atoms with Crippen LogP contribution in [0.5, 0.6) is 0 Å². The van der Waals surface area contributed by atoms with Crippen molar-refractivity contribution in [2.24, 2.45) is 7.05 Å². The summed E-state index contributed by atoms with van der Waals surface area (Å²) in [6.07, 6.45) is 0. The molecule has 1 aliphatic heterocycles. The van der Waals surface area contributed by atoms with Gasteiger partial charge in [0, 0.05) is 32.2 Å². The maximum absolute atomic E-state index is 4.62. The number of nitrogens with zero attached hydrogens (tertiary/aromatic N) is 5. The van der Waals surface area contributed by atoms with Crippen LogP contribution in [0.3, 0.4) is 0 Å². The molecular formula is C13H21N7. The fraction of sp³-hybridized carbons (Fsp3) is 0.615. The smallest absolute Gasteiger partial charge is 0.245 e. The molecule has 2 aromatic rings. The molecule has 3 heterocycles. The monoisotopic (exact) mass is 275 g/mol. The molecule has 1 fully saturated rings. The van der Waals surface area contributed by atoms with Crippen LogP contribution in [0, 0.1) is 6.92 Å². The minimum atomic E-state index is 0.444. The first-order chi connectivity index (χ1) is 9.52. The molecule has 0 amide bonds. The lowest BCUT2D eigenvalue weighted by Gasteiger charge is -2.35. The van der Waals surface area contributed by atoms with E-state index in [1.54, 1.807) is 0 Å². The van der Waals surface area contributed by atoms with Crippen LogP contribution in [0.2, 0.25) is 0 Å². The molecule has 0 aliphatic carbocycles. The molecule has 3 rings (SSSR count). The van der Waals surface area contributed by atoms with E-state index in [2.05, 4.69) is 44.3 Å². The van der Waals surface area contributed by atoms with Crippen LogP contribution in [0.15, 0.2) is 6.07 Å². The number of aromatic nitrogens is 5. The Balaban J connectivity index is 1.85. The van der Waals surface area contributed by atoms with Crippen molar-refractivity contribution < 1.29 is 0 Å². The Hall–Kier alpha value is -1.89. The Morgan fingerprint density at radius 3 is 2.55 bits per heavy atom. The number of aryl methyl sites for hydroxylation is 2. The quantitative estimate of drug-likeness (QED) is 0.844. The molecule has 7 nitrogen and oxygen atoms in total. The van der Waals surface area contributed by atoms with Gasteiger partial charge >= 0.3 is 0 Å². The molecule has 0 bridgehead atoms. The van der Waals surface area contributed by atoms with Crippen LogP contribution in [0.1, 0.15) is 19.5 Å². The molecule has 7 heteroatoms. The van der Waals surface area contributed by atoms with Gasteiger partial charge < -0.3 is 10.2 Å². The molecule has 0 aromatic carbocycles. The standard InChI is InChI=1S/C13H21N7/c1-8-5-11(19(4)18-8)12-15-13(17-16-12)20-6-9(2)14-10(3)7-20/h5,9-10,14H,6-7H2,1-4H3,(H,15,16,17). The highest BCUT2D eigenvalue weighted by atomic mass is 15.4. The van der Waals surface area contributed by atoms with E-state index in [-0.39, 0.29) is 0 Å². The number of aromatic amines is 1. The predicted molar refractivity (Wildman–Crippen MR) is 77.6 cm³/mol. The highest BCUT2D eigenvalue weighted by Gasteiger charge is 2.24. The van der Waals surface area contributed by atoms with Gasteiger partial charge in [-0.05, 0) is 26.8 Å². The summed E-state index contributed by atoms with van der Waals surface area (Å²) in [5.74, 6) is 1.53. The average Bonchev–Trinajstić information content (AvgIpc) is 2.94. The van der Waals surface area contributed by atoms with Crippen molar-refractivity contribution in [3.05, 3.63) is 11.8 Å². The summed E-state index contributed by atoms with van der Waals surface area (Å²) in [5, 5.41) is 15.2. The Morgan fingerprint density at radius 2 is 1.95 bits per heavy atom. The molecule has 0 saturated carbocycles. The van der Waals surface area contributed by atoms with E-state index in [1.807, 2.05) is 24.7 Å². The van der Waals surface area contributed by atoms with E-state index in [0.29, 0.717) is 12.1 Å². The van der Waals surface area contributed by atoms with Crippen LogP contribution in [-0.4, -0.2) is 50.1 Å². The molecule has 0 radical (unpaired) electrons. The van der Waals surface area contributed by atoms with Crippen LogP contribution < -0.4 is 10.2 Å². The van der Waals surface area contributed by atoms with Crippen molar-refractivity contribution in [1.29, 1.82) is 0 Å². The van der Waals surface area contributed by atoms with E-state index >= 15 is 0 Å². The van der Waals surface area contributed by atoms with Gasteiger partial charge in [0.05, 0.1) is 5.69 Å². The van der Waals surface area contributed by atoms with E-state index in [1.165, 1.54) is 0 Å².